The Bertz CT molecular complexity index is 413. The standard InChI is InChI=1S/C16H25N3O/c1-3-9-17-16(20)15(14-7-5-4-6-8-14)19-12-10-18(2)11-13-19/h4-8,15H,3,9-13H2,1-2H3,(H,17,20). The van der Waals surface area contributed by atoms with E-state index < -0.39 is 0 Å². The lowest BCUT2D eigenvalue weighted by molar-refractivity contribution is -0.127. The van der Waals surface area contributed by atoms with Crippen LogP contribution in [0.25, 0.3) is 0 Å². The van der Waals surface area contributed by atoms with Gasteiger partial charge in [-0.05, 0) is 19.0 Å². The van der Waals surface area contributed by atoms with Crippen LogP contribution in [0.15, 0.2) is 30.3 Å². The molecule has 1 amide bonds. The monoisotopic (exact) mass is 275 g/mol. The zero-order chi connectivity index (χ0) is 14.4. The highest BCUT2D eigenvalue weighted by atomic mass is 16.2. The molecule has 1 aromatic rings. The molecule has 4 heteroatoms. The number of hydrogen-bond acceptors (Lipinski definition) is 3. The highest BCUT2D eigenvalue weighted by Crippen LogP contribution is 2.22. The van der Waals surface area contributed by atoms with Gasteiger partial charge in [0.1, 0.15) is 6.04 Å². The average Bonchev–Trinajstić information content (AvgIpc) is 2.48. The molecule has 0 spiro atoms. The SMILES string of the molecule is CCCNC(=O)C(c1ccccc1)N1CCN(C)CC1. The minimum Gasteiger partial charge on any atom is -0.354 e. The van der Waals surface area contributed by atoms with Gasteiger partial charge in [-0.25, -0.2) is 0 Å². The summed E-state index contributed by atoms with van der Waals surface area (Å²) < 4.78 is 0. The van der Waals surface area contributed by atoms with Crippen molar-refractivity contribution in [1.82, 2.24) is 15.1 Å². The van der Waals surface area contributed by atoms with Crippen molar-refractivity contribution in [3.05, 3.63) is 35.9 Å². The summed E-state index contributed by atoms with van der Waals surface area (Å²) in [7, 11) is 2.13. The maximum Gasteiger partial charge on any atom is 0.241 e. The summed E-state index contributed by atoms with van der Waals surface area (Å²) in [6.45, 7) is 6.74. The topological polar surface area (TPSA) is 35.6 Å². The van der Waals surface area contributed by atoms with Crippen LogP contribution >= 0.6 is 0 Å². The Morgan fingerprint density at radius 3 is 2.45 bits per heavy atom. The highest BCUT2D eigenvalue weighted by Gasteiger charge is 2.29. The molecular formula is C16H25N3O. The molecule has 1 aliphatic rings. The van der Waals surface area contributed by atoms with Crippen LogP contribution in [0.2, 0.25) is 0 Å². The van der Waals surface area contributed by atoms with E-state index in [1.54, 1.807) is 0 Å². The zero-order valence-corrected chi connectivity index (χ0v) is 12.5. The normalized spacial score (nSPS) is 18.7. The van der Waals surface area contributed by atoms with Crippen molar-refractivity contribution in [2.45, 2.75) is 19.4 Å². The summed E-state index contributed by atoms with van der Waals surface area (Å²) in [6.07, 6.45) is 0.968. The number of carbonyl (C=O) groups is 1. The van der Waals surface area contributed by atoms with E-state index in [0.717, 1.165) is 44.7 Å². The van der Waals surface area contributed by atoms with Crippen molar-refractivity contribution in [2.75, 3.05) is 39.8 Å². The fourth-order valence-electron chi connectivity index (χ4n) is 2.59. The van der Waals surface area contributed by atoms with E-state index in [-0.39, 0.29) is 11.9 Å². The minimum absolute atomic E-state index is 0.127. The van der Waals surface area contributed by atoms with Gasteiger partial charge in [-0.15, -0.1) is 0 Å². The molecule has 1 N–H and O–H groups in total. The maximum absolute atomic E-state index is 12.5. The fraction of sp³-hybridized carbons (Fsp3) is 0.562. The molecule has 20 heavy (non-hydrogen) atoms. The number of amides is 1. The van der Waals surface area contributed by atoms with Crippen molar-refractivity contribution in [3.8, 4) is 0 Å². The molecule has 1 heterocycles. The van der Waals surface area contributed by atoms with E-state index >= 15 is 0 Å². The third-order valence-corrected chi connectivity index (χ3v) is 3.82. The third-order valence-electron chi connectivity index (χ3n) is 3.82. The molecule has 0 aliphatic carbocycles. The third kappa shape index (κ3) is 3.81. The summed E-state index contributed by atoms with van der Waals surface area (Å²) in [6, 6.07) is 9.95. The van der Waals surface area contributed by atoms with E-state index in [0.29, 0.717) is 0 Å². The molecule has 1 atom stereocenters. The first-order valence-corrected chi connectivity index (χ1v) is 7.47. The zero-order valence-electron chi connectivity index (χ0n) is 12.5. The summed E-state index contributed by atoms with van der Waals surface area (Å²) >= 11 is 0. The van der Waals surface area contributed by atoms with Gasteiger partial charge in [-0.3, -0.25) is 9.69 Å². The molecule has 1 aliphatic heterocycles. The molecule has 0 radical (unpaired) electrons. The van der Waals surface area contributed by atoms with Gasteiger partial charge in [0.25, 0.3) is 0 Å². The molecule has 2 rings (SSSR count). The number of likely N-dealkylation sites (N-methyl/N-ethyl adjacent to an activating group) is 1. The van der Waals surface area contributed by atoms with Crippen LogP contribution in [-0.4, -0.2) is 55.5 Å². The van der Waals surface area contributed by atoms with Crippen molar-refractivity contribution in [1.29, 1.82) is 0 Å². The fourth-order valence-corrected chi connectivity index (χ4v) is 2.59. The second-order valence-corrected chi connectivity index (χ2v) is 5.44. The van der Waals surface area contributed by atoms with Gasteiger partial charge in [0, 0.05) is 32.7 Å². The molecule has 0 bridgehead atoms. The summed E-state index contributed by atoms with van der Waals surface area (Å²) in [5.41, 5.74) is 1.09. The Morgan fingerprint density at radius 1 is 1.20 bits per heavy atom. The quantitative estimate of drug-likeness (QED) is 0.884. The second kappa shape index (κ2) is 7.41. The number of rotatable bonds is 5. The Kier molecular flexibility index (Phi) is 5.56. The first kappa shape index (κ1) is 15.0. The smallest absolute Gasteiger partial charge is 0.241 e. The molecule has 1 fully saturated rings. The molecule has 110 valence electrons. The predicted octanol–water partition coefficient (Wildman–Crippen LogP) is 1.50. The van der Waals surface area contributed by atoms with Gasteiger partial charge in [-0.1, -0.05) is 37.3 Å². The molecule has 0 saturated carbocycles. The number of piperazine rings is 1. The van der Waals surface area contributed by atoms with Crippen LogP contribution in [-0.2, 0) is 4.79 Å². The molecule has 1 unspecified atom stereocenters. The van der Waals surface area contributed by atoms with Gasteiger partial charge in [0.05, 0.1) is 0 Å². The van der Waals surface area contributed by atoms with E-state index in [9.17, 15) is 4.79 Å². The van der Waals surface area contributed by atoms with Gasteiger partial charge in [0.2, 0.25) is 5.91 Å². The number of benzene rings is 1. The van der Waals surface area contributed by atoms with Crippen molar-refractivity contribution < 1.29 is 4.79 Å². The second-order valence-electron chi connectivity index (χ2n) is 5.44. The maximum atomic E-state index is 12.5. The largest absolute Gasteiger partial charge is 0.354 e. The molecule has 1 aromatic carbocycles. The van der Waals surface area contributed by atoms with Crippen LogP contribution < -0.4 is 5.32 Å². The number of hydrogen-bond donors (Lipinski definition) is 1. The molecule has 0 aromatic heterocycles. The Morgan fingerprint density at radius 2 is 1.85 bits per heavy atom. The van der Waals surface area contributed by atoms with Gasteiger partial charge >= 0.3 is 0 Å². The van der Waals surface area contributed by atoms with Crippen molar-refractivity contribution in [2.24, 2.45) is 0 Å². The summed E-state index contributed by atoms with van der Waals surface area (Å²) in [4.78, 5) is 17.1. The number of nitrogens with zero attached hydrogens (tertiary/aromatic N) is 2. The van der Waals surface area contributed by atoms with Crippen molar-refractivity contribution in [3.63, 3.8) is 0 Å². The van der Waals surface area contributed by atoms with E-state index in [2.05, 4.69) is 41.2 Å². The van der Waals surface area contributed by atoms with Crippen LogP contribution in [0, 0.1) is 0 Å². The van der Waals surface area contributed by atoms with Crippen molar-refractivity contribution >= 4 is 5.91 Å². The lowest BCUT2D eigenvalue weighted by atomic mass is 10.0. The van der Waals surface area contributed by atoms with Crippen LogP contribution in [0.1, 0.15) is 24.9 Å². The first-order chi connectivity index (χ1) is 9.72. The van der Waals surface area contributed by atoms with Crippen LogP contribution in [0.3, 0.4) is 0 Å². The predicted molar refractivity (Wildman–Crippen MR) is 81.6 cm³/mol. The Labute approximate surface area is 121 Å². The van der Waals surface area contributed by atoms with E-state index in [1.165, 1.54) is 0 Å². The van der Waals surface area contributed by atoms with E-state index in [1.807, 2.05) is 18.2 Å². The van der Waals surface area contributed by atoms with Gasteiger partial charge in [0.15, 0.2) is 0 Å². The Balaban J connectivity index is 2.13. The van der Waals surface area contributed by atoms with Gasteiger partial charge in [-0.2, -0.15) is 0 Å². The van der Waals surface area contributed by atoms with Crippen LogP contribution in [0.5, 0.6) is 0 Å². The molecule has 4 nitrogen and oxygen atoms in total. The summed E-state index contributed by atoms with van der Waals surface area (Å²) in [5, 5.41) is 3.05. The lowest BCUT2D eigenvalue weighted by Gasteiger charge is -2.37. The summed E-state index contributed by atoms with van der Waals surface area (Å²) in [5.74, 6) is 0.127. The first-order valence-electron chi connectivity index (χ1n) is 7.47. The minimum atomic E-state index is -0.156. The van der Waals surface area contributed by atoms with Crippen LogP contribution in [0.4, 0.5) is 0 Å². The van der Waals surface area contributed by atoms with E-state index in [4.69, 9.17) is 0 Å². The lowest BCUT2D eigenvalue weighted by Crippen LogP contribution is -2.50. The highest BCUT2D eigenvalue weighted by molar-refractivity contribution is 5.83. The Hall–Kier alpha value is -1.39. The molecule has 1 saturated heterocycles. The number of carbonyl (C=O) groups excluding carboxylic acids is 1. The average molecular weight is 275 g/mol. The number of nitrogens with one attached hydrogen (secondary N) is 1. The molecular weight excluding hydrogens is 250 g/mol. The van der Waals surface area contributed by atoms with Gasteiger partial charge < -0.3 is 10.2 Å².